The monoisotopic (exact) mass is 279 g/mol. The number of nitrogens with two attached hydrogens (primary N) is 1. The quantitative estimate of drug-likeness (QED) is 0.913. The van der Waals surface area contributed by atoms with Crippen molar-refractivity contribution in [2.24, 2.45) is 12.8 Å². The number of rotatable bonds is 5. The Hall–Kier alpha value is -1.75. The van der Waals surface area contributed by atoms with Crippen LogP contribution in [-0.2, 0) is 26.3 Å². The topological polar surface area (TPSA) is 43.8 Å². The first-order valence-electron chi connectivity index (χ1n) is 6.70. The maximum absolute atomic E-state index is 13.1. The van der Waals surface area contributed by atoms with Crippen molar-refractivity contribution >= 4 is 0 Å². The van der Waals surface area contributed by atoms with Gasteiger partial charge in [-0.2, -0.15) is 5.10 Å². The van der Waals surface area contributed by atoms with Gasteiger partial charge in [-0.1, -0.05) is 6.92 Å². The van der Waals surface area contributed by atoms with Crippen LogP contribution in [0, 0.1) is 11.6 Å². The van der Waals surface area contributed by atoms with Gasteiger partial charge < -0.3 is 5.73 Å². The predicted molar refractivity (Wildman–Crippen MR) is 74.3 cm³/mol. The summed E-state index contributed by atoms with van der Waals surface area (Å²) < 4.78 is 28.1. The molecule has 0 fully saturated rings. The van der Waals surface area contributed by atoms with Crippen LogP contribution in [0.2, 0.25) is 0 Å². The van der Waals surface area contributed by atoms with Gasteiger partial charge in [0.05, 0.1) is 5.69 Å². The molecule has 1 atom stereocenters. The van der Waals surface area contributed by atoms with Crippen molar-refractivity contribution in [3.05, 3.63) is 52.9 Å². The molecule has 2 N–H and O–H groups in total. The Kier molecular flexibility index (Phi) is 4.49. The minimum atomic E-state index is -0.569. The van der Waals surface area contributed by atoms with Crippen molar-refractivity contribution < 1.29 is 8.78 Å². The van der Waals surface area contributed by atoms with Gasteiger partial charge in [0.15, 0.2) is 0 Å². The van der Waals surface area contributed by atoms with Crippen molar-refractivity contribution in [2.75, 3.05) is 0 Å². The first-order valence-corrected chi connectivity index (χ1v) is 6.70. The zero-order valence-electron chi connectivity index (χ0n) is 11.7. The van der Waals surface area contributed by atoms with Gasteiger partial charge in [-0.05, 0) is 36.6 Å². The zero-order valence-corrected chi connectivity index (χ0v) is 11.7. The molecular formula is C15H19F2N3. The molecule has 1 aromatic carbocycles. The van der Waals surface area contributed by atoms with Gasteiger partial charge in [0, 0.05) is 31.3 Å². The van der Waals surface area contributed by atoms with Crippen molar-refractivity contribution in [3.63, 3.8) is 0 Å². The minimum Gasteiger partial charge on any atom is -0.327 e. The second-order valence-electron chi connectivity index (χ2n) is 5.05. The molecule has 5 heteroatoms. The van der Waals surface area contributed by atoms with Crippen LogP contribution in [0.4, 0.5) is 8.78 Å². The summed E-state index contributed by atoms with van der Waals surface area (Å²) in [6.07, 6.45) is 1.93. The van der Waals surface area contributed by atoms with E-state index in [1.54, 1.807) is 0 Å². The molecule has 0 saturated heterocycles. The Morgan fingerprint density at radius 2 is 1.80 bits per heavy atom. The average Bonchev–Trinajstić information content (AvgIpc) is 2.68. The van der Waals surface area contributed by atoms with Crippen LogP contribution in [0.5, 0.6) is 0 Å². The van der Waals surface area contributed by atoms with Crippen molar-refractivity contribution in [1.82, 2.24) is 9.78 Å². The average molecular weight is 279 g/mol. The Bertz CT molecular complexity index is 573. The lowest BCUT2D eigenvalue weighted by atomic mass is 10.0. The smallest absolute Gasteiger partial charge is 0.126 e. The van der Waals surface area contributed by atoms with Gasteiger partial charge in [-0.25, -0.2) is 8.78 Å². The largest absolute Gasteiger partial charge is 0.327 e. The highest BCUT2D eigenvalue weighted by Crippen LogP contribution is 2.12. The third-order valence-electron chi connectivity index (χ3n) is 3.28. The van der Waals surface area contributed by atoms with E-state index in [0.29, 0.717) is 18.4 Å². The third-order valence-corrected chi connectivity index (χ3v) is 3.28. The van der Waals surface area contributed by atoms with Gasteiger partial charge >= 0.3 is 0 Å². The molecule has 0 spiro atoms. The van der Waals surface area contributed by atoms with Crippen LogP contribution in [0.3, 0.4) is 0 Å². The predicted octanol–water partition coefficient (Wildman–Crippen LogP) is 2.37. The molecule has 3 nitrogen and oxygen atoms in total. The molecule has 2 rings (SSSR count). The number of nitrogens with zero attached hydrogens (tertiary/aromatic N) is 2. The Morgan fingerprint density at radius 3 is 2.35 bits per heavy atom. The molecule has 0 amide bonds. The molecular weight excluding hydrogens is 260 g/mol. The molecule has 0 bridgehead atoms. The van der Waals surface area contributed by atoms with Crippen molar-refractivity contribution in [1.29, 1.82) is 0 Å². The van der Waals surface area contributed by atoms with Crippen LogP contribution in [0.25, 0.3) is 0 Å². The van der Waals surface area contributed by atoms with Gasteiger partial charge in [-0.3, -0.25) is 4.68 Å². The van der Waals surface area contributed by atoms with E-state index in [2.05, 4.69) is 5.10 Å². The number of aryl methyl sites for hydroxylation is 2. The normalized spacial score (nSPS) is 12.7. The molecule has 2 aromatic rings. The second kappa shape index (κ2) is 6.13. The number of hydrogen-bond donors (Lipinski definition) is 1. The fraction of sp³-hybridized carbons (Fsp3) is 0.400. The highest BCUT2D eigenvalue weighted by Gasteiger charge is 2.11. The van der Waals surface area contributed by atoms with Gasteiger partial charge in [-0.15, -0.1) is 0 Å². The summed E-state index contributed by atoms with van der Waals surface area (Å²) in [5, 5.41) is 4.36. The summed E-state index contributed by atoms with van der Waals surface area (Å²) in [6.45, 7) is 2.04. The minimum absolute atomic E-state index is 0.198. The van der Waals surface area contributed by atoms with E-state index in [9.17, 15) is 8.78 Å². The van der Waals surface area contributed by atoms with Crippen LogP contribution >= 0.6 is 0 Å². The summed E-state index contributed by atoms with van der Waals surface area (Å²) in [5.74, 6) is -1.14. The lowest BCUT2D eigenvalue weighted by molar-refractivity contribution is 0.570. The fourth-order valence-electron chi connectivity index (χ4n) is 2.31. The maximum atomic E-state index is 13.1. The molecule has 0 aliphatic heterocycles. The zero-order chi connectivity index (χ0) is 14.7. The first-order chi connectivity index (χ1) is 9.47. The SMILES string of the molecule is CCc1cc(CC(N)Cc2cc(F)cc(F)c2)n(C)n1. The van der Waals surface area contributed by atoms with E-state index in [-0.39, 0.29) is 6.04 Å². The van der Waals surface area contributed by atoms with Gasteiger partial charge in [0.2, 0.25) is 0 Å². The fourth-order valence-corrected chi connectivity index (χ4v) is 2.31. The van der Waals surface area contributed by atoms with Crippen LogP contribution in [0.1, 0.15) is 23.9 Å². The summed E-state index contributed by atoms with van der Waals surface area (Å²) >= 11 is 0. The van der Waals surface area contributed by atoms with Crippen LogP contribution < -0.4 is 5.73 Å². The second-order valence-corrected chi connectivity index (χ2v) is 5.05. The van der Waals surface area contributed by atoms with Crippen molar-refractivity contribution in [3.8, 4) is 0 Å². The van der Waals surface area contributed by atoms with Gasteiger partial charge in [0.25, 0.3) is 0 Å². The summed E-state index contributed by atoms with van der Waals surface area (Å²) in [6, 6.07) is 5.33. The molecule has 20 heavy (non-hydrogen) atoms. The van der Waals surface area contributed by atoms with Crippen LogP contribution in [0.15, 0.2) is 24.3 Å². The Balaban J connectivity index is 2.04. The summed E-state index contributed by atoms with van der Waals surface area (Å²) in [7, 11) is 1.88. The van der Waals surface area contributed by atoms with Crippen molar-refractivity contribution in [2.45, 2.75) is 32.2 Å². The molecule has 1 heterocycles. The third kappa shape index (κ3) is 3.63. The molecule has 108 valence electrons. The summed E-state index contributed by atoms with van der Waals surface area (Å²) in [5.41, 5.74) is 8.70. The lowest BCUT2D eigenvalue weighted by Gasteiger charge is -2.12. The number of benzene rings is 1. The lowest BCUT2D eigenvalue weighted by Crippen LogP contribution is -2.26. The molecule has 0 saturated carbocycles. The highest BCUT2D eigenvalue weighted by molar-refractivity contribution is 5.20. The number of halogens is 2. The summed E-state index contributed by atoms with van der Waals surface area (Å²) in [4.78, 5) is 0. The Labute approximate surface area is 117 Å². The first kappa shape index (κ1) is 14.7. The molecule has 1 aromatic heterocycles. The maximum Gasteiger partial charge on any atom is 0.126 e. The molecule has 0 radical (unpaired) electrons. The van der Waals surface area contributed by atoms with E-state index in [1.165, 1.54) is 12.1 Å². The van der Waals surface area contributed by atoms with E-state index in [4.69, 9.17) is 5.73 Å². The molecule has 1 unspecified atom stereocenters. The number of aromatic nitrogens is 2. The van der Waals surface area contributed by atoms with E-state index in [1.807, 2.05) is 24.7 Å². The molecule has 0 aliphatic carbocycles. The molecule has 0 aliphatic rings. The van der Waals surface area contributed by atoms with E-state index >= 15 is 0 Å². The van der Waals surface area contributed by atoms with E-state index in [0.717, 1.165) is 23.9 Å². The highest BCUT2D eigenvalue weighted by atomic mass is 19.1. The van der Waals surface area contributed by atoms with Gasteiger partial charge in [0.1, 0.15) is 11.6 Å². The van der Waals surface area contributed by atoms with E-state index < -0.39 is 11.6 Å². The number of hydrogen-bond acceptors (Lipinski definition) is 2. The standard InChI is InChI=1S/C15H19F2N3/c1-3-14-9-15(20(2)19-14)8-13(18)6-10-4-11(16)7-12(17)5-10/h4-5,7,9,13H,3,6,8,18H2,1-2H3. The Morgan fingerprint density at radius 1 is 1.15 bits per heavy atom. The van der Waals surface area contributed by atoms with Crippen LogP contribution in [-0.4, -0.2) is 15.8 Å².